The molecule has 114 valence electrons. The number of phenolic OH excluding ortho intramolecular Hbond substituents is 1. The molecule has 0 spiro atoms. The predicted octanol–water partition coefficient (Wildman–Crippen LogP) is 2.89. The highest BCUT2D eigenvalue weighted by Gasteiger charge is 2.19. The van der Waals surface area contributed by atoms with E-state index in [0.29, 0.717) is 11.3 Å². The summed E-state index contributed by atoms with van der Waals surface area (Å²) >= 11 is 0. The fourth-order valence-corrected chi connectivity index (χ4v) is 1.69. The van der Waals surface area contributed by atoms with Gasteiger partial charge in [-0.05, 0) is 30.3 Å². The maximum atomic E-state index is 12.7. The summed E-state index contributed by atoms with van der Waals surface area (Å²) in [5.74, 6) is -0.943. The van der Waals surface area contributed by atoms with Crippen LogP contribution in [0.1, 0.15) is 5.56 Å². The summed E-state index contributed by atoms with van der Waals surface area (Å²) in [4.78, 5) is 10.1. The lowest BCUT2D eigenvalue weighted by Crippen LogP contribution is -1.96. The fraction of sp³-hybridized carbons (Fsp3) is 0.0714. The molecule has 2 N–H and O–H groups in total. The molecule has 2 rings (SSSR count). The average molecular weight is 305 g/mol. The van der Waals surface area contributed by atoms with Gasteiger partial charge < -0.3 is 9.84 Å². The Morgan fingerprint density at radius 1 is 1.36 bits per heavy atom. The number of nitrogens with zero attached hydrogens (tertiary/aromatic N) is 2. The molecule has 0 saturated carbocycles. The molecule has 0 aromatic heterocycles. The molecular weight excluding hydrogens is 293 g/mol. The van der Waals surface area contributed by atoms with Gasteiger partial charge in [-0.3, -0.25) is 15.5 Å². The van der Waals surface area contributed by atoms with Crippen LogP contribution in [0.2, 0.25) is 0 Å². The number of hydrogen-bond donors (Lipinski definition) is 2. The van der Waals surface area contributed by atoms with Gasteiger partial charge in [-0.2, -0.15) is 5.10 Å². The molecule has 22 heavy (non-hydrogen) atoms. The van der Waals surface area contributed by atoms with Gasteiger partial charge >= 0.3 is 5.69 Å². The minimum atomic E-state index is -0.720. The number of ether oxygens (including phenoxy) is 1. The van der Waals surface area contributed by atoms with E-state index in [0.717, 1.165) is 6.07 Å². The molecular formula is C14H12FN3O4. The fourth-order valence-electron chi connectivity index (χ4n) is 1.69. The molecule has 0 heterocycles. The first-order valence-corrected chi connectivity index (χ1v) is 6.11. The SMILES string of the molecule is COc1cc(/C=N\Nc2ccc(F)cc2)cc([N+](=O)[O-])c1O. The third-order valence-electron chi connectivity index (χ3n) is 2.75. The van der Waals surface area contributed by atoms with E-state index >= 15 is 0 Å². The van der Waals surface area contributed by atoms with Crippen molar-refractivity contribution >= 4 is 17.6 Å². The first kappa shape index (κ1) is 15.2. The minimum Gasteiger partial charge on any atom is -0.500 e. The van der Waals surface area contributed by atoms with Gasteiger partial charge in [0.25, 0.3) is 0 Å². The minimum absolute atomic E-state index is 0.0302. The van der Waals surface area contributed by atoms with Gasteiger partial charge in [0.1, 0.15) is 5.82 Å². The van der Waals surface area contributed by atoms with Gasteiger partial charge in [0, 0.05) is 11.6 Å². The number of anilines is 1. The Hall–Kier alpha value is -3.16. The van der Waals surface area contributed by atoms with E-state index in [1.165, 1.54) is 43.7 Å². The molecule has 0 radical (unpaired) electrons. The smallest absolute Gasteiger partial charge is 0.315 e. The van der Waals surface area contributed by atoms with Crippen LogP contribution >= 0.6 is 0 Å². The standard InChI is InChI=1S/C14H12FN3O4/c1-22-13-7-9(6-12(14(13)19)18(20)21)8-16-17-11-4-2-10(15)3-5-11/h2-8,17,19H,1H3/b16-8-. The summed E-state index contributed by atoms with van der Waals surface area (Å²) < 4.78 is 17.6. The number of nitro benzene ring substituents is 1. The molecule has 0 atom stereocenters. The zero-order valence-corrected chi connectivity index (χ0v) is 11.5. The number of benzene rings is 2. The lowest BCUT2D eigenvalue weighted by molar-refractivity contribution is -0.386. The highest BCUT2D eigenvalue weighted by atomic mass is 19.1. The molecule has 2 aromatic carbocycles. The molecule has 0 aliphatic carbocycles. The monoisotopic (exact) mass is 305 g/mol. The number of nitrogens with one attached hydrogen (secondary N) is 1. The molecule has 0 fully saturated rings. The molecule has 7 nitrogen and oxygen atoms in total. The van der Waals surface area contributed by atoms with Crippen molar-refractivity contribution in [1.82, 2.24) is 0 Å². The largest absolute Gasteiger partial charge is 0.500 e. The first-order valence-electron chi connectivity index (χ1n) is 6.11. The van der Waals surface area contributed by atoms with E-state index in [2.05, 4.69) is 10.5 Å². The third-order valence-corrected chi connectivity index (χ3v) is 2.75. The van der Waals surface area contributed by atoms with Crippen molar-refractivity contribution in [3.8, 4) is 11.5 Å². The summed E-state index contributed by atoms with van der Waals surface area (Å²) in [7, 11) is 1.29. The zero-order chi connectivity index (χ0) is 16.1. The maximum Gasteiger partial charge on any atom is 0.315 e. The van der Waals surface area contributed by atoms with Gasteiger partial charge in [-0.15, -0.1) is 0 Å². The lowest BCUT2D eigenvalue weighted by Gasteiger charge is -2.05. The van der Waals surface area contributed by atoms with Crippen LogP contribution in [-0.4, -0.2) is 23.4 Å². The van der Waals surface area contributed by atoms with E-state index in [1.807, 2.05) is 0 Å². The molecule has 0 unspecified atom stereocenters. The number of rotatable bonds is 5. The van der Waals surface area contributed by atoms with Gasteiger partial charge in [0.2, 0.25) is 5.75 Å². The maximum absolute atomic E-state index is 12.7. The number of methoxy groups -OCH3 is 1. The van der Waals surface area contributed by atoms with Crippen molar-refractivity contribution in [2.45, 2.75) is 0 Å². The topological polar surface area (TPSA) is 97.0 Å². The van der Waals surface area contributed by atoms with Crippen LogP contribution in [0.25, 0.3) is 0 Å². The van der Waals surface area contributed by atoms with Crippen molar-refractivity contribution in [1.29, 1.82) is 0 Å². The Kier molecular flexibility index (Phi) is 4.52. The second-order valence-corrected chi connectivity index (χ2v) is 4.22. The van der Waals surface area contributed by atoms with Gasteiger partial charge in [-0.25, -0.2) is 4.39 Å². The van der Waals surface area contributed by atoms with Crippen LogP contribution in [-0.2, 0) is 0 Å². The number of phenols is 1. The van der Waals surface area contributed by atoms with Crippen LogP contribution in [0, 0.1) is 15.9 Å². The van der Waals surface area contributed by atoms with Crippen molar-refractivity contribution < 1.29 is 19.2 Å². The Labute approximate surface area is 124 Å². The summed E-state index contributed by atoms with van der Waals surface area (Å²) in [6.45, 7) is 0. The number of halogens is 1. The van der Waals surface area contributed by atoms with Crippen molar-refractivity contribution in [3.63, 3.8) is 0 Å². The Bertz CT molecular complexity index is 717. The van der Waals surface area contributed by atoms with E-state index in [4.69, 9.17) is 4.74 Å². The zero-order valence-electron chi connectivity index (χ0n) is 11.5. The summed E-state index contributed by atoms with van der Waals surface area (Å²) in [6.07, 6.45) is 1.32. The normalized spacial score (nSPS) is 10.6. The van der Waals surface area contributed by atoms with E-state index in [1.54, 1.807) is 0 Å². The quantitative estimate of drug-likeness (QED) is 0.503. The summed E-state index contributed by atoms with van der Waals surface area (Å²) in [6, 6.07) is 8.09. The number of hydrogen-bond acceptors (Lipinski definition) is 6. The van der Waals surface area contributed by atoms with Gasteiger partial charge in [0.05, 0.1) is 23.9 Å². The molecule has 0 aliphatic heterocycles. The van der Waals surface area contributed by atoms with Crippen molar-refractivity contribution in [3.05, 3.63) is 57.9 Å². The molecule has 2 aromatic rings. The van der Waals surface area contributed by atoms with Crippen molar-refractivity contribution in [2.24, 2.45) is 5.10 Å². The Morgan fingerprint density at radius 3 is 2.64 bits per heavy atom. The van der Waals surface area contributed by atoms with Gasteiger partial charge in [-0.1, -0.05) is 0 Å². The van der Waals surface area contributed by atoms with E-state index < -0.39 is 16.4 Å². The number of hydrazone groups is 1. The van der Waals surface area contributed by atoms with Crippen LogP contribution < -0.4 is 10.2 Å². The number of nitro groups is 1. The predicted molar refractivity (Wildman–Crippen MR) is 78.9 cm³/mol. The molecule has 0 aliphatic rings. The average Bonchev–Trinajstić information content (AvgIpc) is 2.50. The summed E-state index contributed by atoms with van der Waals surface area (Å²) in [5, 5.41) is 24.4. The lowest BCUT2D eigenvalue weighted by atomic mass is 10.2. The second kappa shape index (κ2) is 6.53. The molecule has 8 heteroatoms. The van der Waals surface area contributed by atoms with Crippen molar-refractivity contribution in [2.75, 3.05) is 12.5 Å². The molecule has 0 saturated heterocycles. The number of aromatic hydroxyl groups is 1. The molecule has 0 amide bonds. The van der Waals surface area contributed by atoms with E-state index in [-0.39, 0.29) is 11.6 Å². The first-order chi connectivity index (χ1) is 10.5. The second-order valence-electron chi connectivity index (χ2n) is 4.22. The third kappa shape index (κ3) is 3.48. The Morgan fingerprint density at radius 2 is 2.05 bits per heavy atom. The van der Waals surface area contributed by atoms with Gasteiger partial charge in [0.15, 0.2) is 5.75 Å². The van der Waals surface area contributed by atoms with E-state index in [9.17, 15) is 19.6 Å². The summed E-state index contributed by atoms with van der Waals surface area (Å²) in [5.41, 5.74) is 3.08. The van der Waals surface area contributed by atoms with Crippen LogP contribution in [0.4, 0.5) is 15.8 Å². The van der Waals surface area contributed by atoms with Crippen LogP contribution in [0.3, 0.4) is 0 Å². The van der Waals surface area contributed by atoms with Crippen LogP contribution in [0.15, 0.2) is 41.5 Å². The Balaban J connectivity index is 2.21. The molecule has 0 bridgehead atoms. The van der Waals surface area contributed by atoms with Crippen LogP contribution in [0.5, 0.6) is 11.5 Å². The highest BCUT2D eigenvalue weighted by molar-refractivity contribution is 5.83. The highest BCUT2D eigenvalue weighted by Crippen LogP contribution is 2.36.